The lowest BCUT2D eigenvalue weighted by molar-refractivity contribution is -0.202. The van der Waals surface area contributed by atoms with Crippen LogP contribution in [0.15, 0.2) is 30.3 Å². The first-order valence-electron chi connectivity index (χ1n) is 7.06. The van der Waals surface area contributed by atoms with E-state index in [9.17, 15) is 10.2 Å². The van der Waals surface area contributed by atoms with E-state index in [-0.39, 0.29) is 6.10 Å². The molecule has 2 fully saturated rings. The van der Waals surface area contributed by atoms with Crippen molar-refractivity contribution in [1.82, 2.24) is 5.48 Å². The fourth-order valence-corrected chi connectivity index (χ4v) is 3.21. The SMILES string of the molecule is OC1([C@@]2(O)C[C@H](c3ccccc3)ON2)CCCCC1. The van der Waals surface area contributed by atoms with Crippen molar-refractivity contribution in [3.63, 3.8) is 0 Å². The van der Waals surface area contributed by atoms with Gasteiger partial charge in [0.15, 0.2) is 5.72 Å². The molecule has 4 nitrogen and oxygen atoms in total. The molecule has 3 N–H and O–H groups in total. The summed E-state index contributed by atoms with van der Waals surface area (Å²) in [5, 5.41) is 21.4. The van der Waals surface area contributed by atoms with Crippen LogP contribution in [0.25, 0.3) is 0 Å². The highest BCUT2D eigenvalue weighted by Gasteiger charge is 2.54. The maximum absolute atomic E-state index is 10.7. The molecule has 1 aromatic carbocycles. The summed E-state index contributed by atoms with van der Waals surface area (Å²) in [7, 11) is 0. The van der Waals surface area contributed by atoms with Crippen molar-refractivity contribution in [3.8, 4) is 0 Å². The second-order valence-corrected chi connectivity index (χ2v) is 5.78. The van der Waals surface area contributed by atoms with Crippen molar-refractivity contribution in [2.45, 2.75) is 56.0 Å². The Labute approximate surface area is 113 Å². The first-order valence-corrected chi connectivity index (χ1v) is 7.06. The van der Waals surface area contributed by atoms with E-state index in [1.165, 1.54) is 0 Å². The molecule has 1 aliphatic heterocycles. The predicted molar refractivity (Wildman–Crippen MR) is 71.0 cm³/mol. The molecule has 2 atom stereocenters. The molecule has 1 saturated heterocycles. The fourth-order valence-electron chi connectivity index (χ4n) is 3.21. The summed E-state index contributed by atoms with van der Waals surface area (Å²) >= 11 is 0. The van der Waals surface area contributed by atoms with Crippen LogP contribution in [-0.2, 0) is 4.84 Å². The third kappa shape index (κ3) is 2.30. The van der Waals surface area contributed by atoms with Crippen molar-refractivity contribution < 1.29 is 15.1 Å². The Morgan fingerprint density at radius 2 is 1.74 bits per heavy atom. The maximum Gasteiger partial charge on any atom is 0.169 e. The van der Waals surface area contributed by atoms with E-state index in [4.69, 9.17) is 4.84 Å². The Morgan fingerprint density at radius 3 is 2.42 bits per heavy atom. The highest BCUT2D eigenvalue weighted by molar-refractivity contribution is 5.19. The average molecular weight is 263 g/mol. The van der Waals surface area contributed by atoms with Gasteiger partial charge in [-0.25, -0.2) is 0 Å². The quantitative estimate of drug-likeness (QED) is 0.764. The van der Waals surface area contributed by atoms with E-state index in [0.29, 0.717) is 19.3 Å². The molecular formula is C15H21NO3. The molecular weight excluding hydrogens is 242 g/mol. The Morgan fingerprint density at radius 1 is 1.05 bits per heavy atom. The summed E-state index contributed by atoms with van der Waals surface area (Å²) in [6.45, 7) is 0. The average Bonchev–Trinajstić information content (AvgIpc) is 2.85. The van der Waals surface area contributed by atoms with Crippen molar-refractivity contribution in [3.05, 3.63) is 35.9 Å². The lowest BCUT2D eigenvalue weighted by atomic mass is 9.75. The lowest BCUT2D eigenvalue weighted by Gasteiger charge is -2.42. The maximum atomic E-state index is 10.7. The van der Waals surface area contributed by atoms with Gasteiger partial charge in [0, 0.05) is 6.42 Å². The van der Waals surface area contributed by atoms with Gasteiger partial charge in [-0.2, -0.15) is 5.48 Å². The molecule has 3 rings (SSSR count). The van der Waals surface area contributed by atoms with Crippen molar-refractivity contribution in [2.75, 3.05) is 0 Å². The summed E-state index contributed by atoms with van der Waals surface area (Å²) in [6.07, 6.45) is 4.46. The zero-order chi connectivity index (χ0) is 13.3. The van der Waals surface area contributed by atoms with Gasteiger partial charge in [-0.1, -0.05) is 49.6 Å². The van der Waals surface area contributed by atoms with E-state index < -0.39 is 11.3 Å². The molecule has 0 amide bonds. The lowest BCUT2D eigenvalue weighted by Crippen LogP contribution is -2.60. The van der Waals surface area contributed by atoms with Gasteiger partial charge in [-0.3, -0.25) is 4.84 Å². The van der Waals surface area contributed by atoms with Gasteiger partial charge in [0.05, 0.1) is 0 Å². The van der Waals surface area contributed by atoms with Gasteiger partial charge in [-0.15, -0.1) is 0 Å². The molecule has 0 unspecified atom stereocenters. The molecule has 1 aromatic rings. The summed E-state index contributed by atoms with van der Waals surface area (Å²) in [5.74, 6) is 0. The number of aliphatic hydroxyl groups is 2. The van der Waals surface area contributed by atoms with E-state index in [0.717, 1.165) is 24.8 Å². The number of hydroxylamine groups is 1. The molecule has 0 bridgehead atoms. The predicted octanol–water partition coefficient (Wildman–Crippen LogP) is 2.04. The van der Waals surface area contributed by atoms with Gasteiger partial charge >= 0.3 is 0 Å². The van der Waals surface area contributed by atoms with Crippen LogP contribution in [0.4, 0.5) is 0 Å². The molecule has 0 radical (unpaired) electrons. The molecule has 1 aliphatic carbocycles. The second kappa shape index (κ2) is 4.87. The van der Waals surface area contributed by atoms with Gasteiger partial charge in [0.2, 0.25) is 0 Å². The monoisotopic (exact) mass is 263 g/mol. The number of rotatable bonds is 2. The number of hydrogen-bond donors (Lipinski definition) is 3. The zero-order valence-corrected chi connectivity index (χ0v) is 11.0. The molecule has 4 heteroatoms. The van der Waals surface area contributed by atoms with E-state index >= 15 is 0 Å². The molecule has 104 valence electrons. The minimum Gasteiger partial charge on any atom is -0.385 e. The number of benzene rings is 1. The highest BCUT2D eigenvalue weighted by atomic mass is 16.7. The number of hydrogen-bond acceptors (Lipinski definition) is 4. The topological polar surface area (TPSA) is 61.7 Å². The molecule has 19 heavy (non-hydrogen) atoms. The van der Waals surface area contributed by atoms with Crippen LogP contribution in [0.2, 0.25) is 0 Å². The van der Waals surface area contributed by atoms with Crippen LogP contribution in [0.3, 0.4) is 0 Å². The van der Waals surface area contributed by atoms with Crippen LogP contribution in [0, 0.1) is 0 Å². The molecule has 1 heterocycles. The summed E-state index contributed by atoms with van der Waals surface area (Å²) in [5.41, 5.74) is 1.30. The van der Waals surface area contributed by atoms with Crippen molar-refractivity contribution in [1.29, 1.82) is 0 Å². The van der Waals surface area contributed by atoms with Crippen LogP contribution < -0.4 is 5.48 Å². The standard InChI is InChI=1S/C15H21NO3/c17-14(9-5-2-6-10-14)15(18)11-13(19-16-15)12-7-3-1-4-8-12/h1,3-4,7-8,13,16-18H,2,5-6,9-11H2/t13-,15+/m1/s1. The number of nitrogens with one attached hydrogen (secondary N) is 1. The minimum atomic E-state index is -1.34. The largest absolute Gasteiger partial charge is 0.385 e. The Kier molecular flexibility index (Phi) is 3.35. The van der Waals surface area contributed by atoms with Crippen LogP contribution >= 0.6 is 0 Å². The Hall–Kier alpha value is -0.940. The molecule has 1 saturated carbocycles. The van der Waals surface area contributed by atoms with E-state index in [1.54, 1.807) is 0 Å². The van der Waals surface area contributed by atoms with Crippen LogP contribution in [0.5, 0.6) is 0 Å². The van der Waals surface area contributed by atoms with E-state index in [2.05, 4.69) is 5.48 Å². The third-order valence-electron chi connectivity index (χ3n) is 4.47. The van der Waals surface area contributed by atoms with Gasteiger partial charge in [0.25, 0.3) is 0 Å². The highest BCUT2D eigenvalue weighted by Crippen LogP contribution is 2.44. The van der Waals surface area contributed by atoms with Gasteiger partial charge < -0.3 is 10.2 Å². The molecule has 2 aliphatic rings. The van der Waals surface area contributed by atoms with E-state index in [1.807, 2.05) is 30.3 Å². The normalized spacial score (nSPS) is 34.3. The van der Waals surface area contributed by atoms with Crippen LogP contribution in [-0.4, -0.2) is 21.5 Å². The first kappa shape index (κ1) is 13.1. The van der Waals surface area contributed by atoms with Gasteiger partial charge in [0.1, 0.15) is 11.7 Å². The fraction of sp³-hybridized carbons (Fsp3) is 0.600. The summed E-state index contributed by atoms with van der Waals surface area (Å²) in [4.78, 5) is 5.51. The van der Waals surface area contributed by atoms with Crippen molar-refractivity contribution in [2.24, 2.45) is 0 Å². The van der Waals surface area contributed by atoms with Gasteiger partial charge in [-0.05, 0) is 18.4 Å². The smallest absolute Gasteiger partial charge is 0.169 e. The Balaban J connectivity index is 1.77. The molecule has 0 spiro atoms. The summed E-state index contributed by atoms with van der Waals surface area (Å²) in [6, 6.07) is 9.80. The zero-order valence-electron chi connectivity index (χ0n) is 11.0. The second-order valence-electron chi connectivity index (χ2n) is 5.78. The van der Waals surface area contributed by atoms with Crippen molar-refractivity contribution >= 4 is 0 Å². The minimum absolute atomic E-state index is 0.211. The van der Waals surface area contributed by atoms with Crippen LogP contribution in [0.1, 0.15) is 50.2 Å². The Bertz CT molecular complexity index is 430. The third-order valence-corrected chi connectivity index (χ3v) is 4.47. The first-order chi connectivity index (χ1) is 9.13. The summed E-state index contributed by atoms with van der Waals surface area (Å²) < 4.78 is 0. The molecule has 0 aromatic heterocycles.